The smallest absolute Gasteiger partial charge is 0.281 e. The number of nitrogens with one attached hydrogen (secondary N) is 1. The second-order valence-electron chi connectivity index (χ2n) is 11.2. The van der Waals surface area contributed by atoms with Crippen molar-refractivity contribution in [1.29, 1.82) is 0 Å². The monoisotopic (exact) mass is 494 g/mol. The van der Waals surface area contributed by atoms with E-state index >= 15 is 0 Å². The van der Waals surface area contributed by atoms with Crippen LogP contribution in [-0.2, 0) is 16.8 Å². The molecular weight excluding hydrogens is 460 g/mol. The lowest BCUT2D eigenvalue weighted by molar-refractivity contribution is -0.136. The highest BCUT2D eigenvalue weighted by Crippen LogP contribution is 2.60. The Balaban J connectivity index is 1.26. The van der Waals surface area contributed by atoms with Gasteiger partial charge in [0.1, 0.15) is 5.75 Å². The van der Waals surface area contributed by atoms with Crippen molar-refractivity contribution in [2.24, 2.45) is 22.4 Å². The topological polar surface area (TPSA) is 81.9 Å². The molecule has 3 aliphatic rings. The highest BCUT2D eigenvalue weighted by Gasteiger charge is 2.53. The van der Waals surface area contributed by atoms with Crippen LogP contribution in [0.4, 0.5) is 0 Å². The van der Waals surface area contributed by atoms with Gasteiger partial charge in [-0.25, -0.2) is 5.43 Å². The average molecular weight is 495 g/mol. The molecule has 3 aromatic rings. The average Bonchev–Trinajstić information content (AvgIpc) is 3.28. The summed E-state index contributed by atoms with van der Waals surface area (Å²) in [6.07, 6.45) is 6.17. The maximum absolute atomic E-state index is 13.6. The first-order chi connectivity index (χ1) is 17.9. The van der Waals surface area contributed by atoms with Gasteiger partial charge in [-0.15, -0.1) is 0 Å². The van der Waals surface area contributed by atoms with Crippen molar-refractivity contribution in [1.82, 2.24) is 5.43 Å². The molecular formula is C32H34N2O3. The first-order valence-corrected chi connectivity index (χ1v) is 13.4. The first-order valence-electron chi connectivity index (χ1n) is 13.4. The number of phenolic OH excluding ortho intramolecular Hbond substituents is 1. The lowest BCUT2D eigenvalue weighted by Crippen LogP contribution is -2.45. The number of hydrogen-bond donors (Lipinski definition) is 3. The fourth-order valence-corrected chi connectivity index (χ4v) is 7.53. The summed E-state index contributed by atoms with van der Waals surface area (Å²) >= 11 is 0. The normalized spacial score (nSPS) is 27.7. The number of carbonyl (C=O) groups is 1. The second kappa shape index (κ2) is 9.14. The molecule has 0 radical (unpaired) electrons. The summed E-state index contributed by atoms with van der Waals surface area (Å²) < 4.78 is 0. The van der Waals surface area contributed by atoms with Crippen molar-refractivity contribution in [3.8, 4) is 5.75 Å². The Bertz CT molecular complexity index is 1300. The van der Waals surface area contributed by atoms with Crippen LogP contribution in [-0.4, -0.2) is 21.8 Å². The number of amides is 1. The third-order valence-electron chi connectivity index (χ3n) is 9.46. The zero-order valence-electron chi connectivity index (χ0n) is 21.2. The van der Waals surface area contributed by atoms with Gasteiger partial charge in [0.2, 0.25) is 0 Å². The molecule has 3 aromatic carbocycles. The minimum atomic E-state index is -1.83. The minimum Gasteiger partial charge on any atom is -0.508 e. The summed E-state index contributed by atoms with van der Waals surface area (Å²) in [5.74, 6) is 1.45. The molecule has 3 N–H and O–H groups in total. The summed E-state index contributed by atoms with van der Waals surface area (Å²) in [6.45, 7) is 2.32. The van der Waals surface area contributed by atoms with Gasteiger partial charge in [0.15, 0.2) is 5.60 Å². The fourth-order valence-electron chi connectivity index (χ4n) is 7.53. The van der Waals surface area contributed by atoms with E-state index in [1.165, 1.54) is 11.1 Å². The number of phenols is 1. The lowest BCUT2D eigenvalue weighted by atomic mass is 9.55. The molecule has 4 atom stereocenters. The van der Waals surface area contributed by atoms with Crippen molar-refractivity contribution in [3.05, 3.63) is 101 Å². The molecule has 0 aromatic heterocycles. The third-order valence-corrected chi connectivity index (χ3v) is 9.46. The number of carbonyl (C=O) groups excluding carboxylic acids is 1. The maximum Gasteiger partial charge on any atom is 0.281 e. The Hall–Kier alpha value is -3.44. The maximum atomic E-state index is 13.6. The molecule has 190 valence electrons. The van der Waals surface area contributed by atoms with Crippen molar-refractivity contribution >= 4 is 11.6 Å². The Morgan fingerprint density at radius 1 is 0.946 bits per heavy atom. The molecule has 0 spiro atoms. The fraction of sp³-hybridized carbons (Fsp3) is 0.375. The van der Waals surface area contributed by atoms with E-state index in [2.05, 4.69) is 18.4 Å². The number of aryl methyl sites for hydroxylation is 1. The summed E-state index contributed by atoms with van der Waals surface area (Å²) in [5.41, 5.74) is 5.68. The first kappa shape index (κ1) is 23.9. The predicted octanol–water partition coefficient (Wildman–Crippen LogP) is 5.66. The van der Waals surface area contributed by atoms with E-state index in [4.69, 9.17) is 5.10 Å². The largest absolute Gasteiger partial charge is 0.508 e. The molecule has 5 nitrogen and oxygen atoms in total. The zero-order chi connectivity index (χ0) is 25.6. The van der Waals surface area contributed by atoms with E-state index in [0.29, 0.717) is 34.6 Å². The Morgan fingerprint density at radius 2 is 1.62 bits per heavy atom. The number of fused-ring (bicyclic) bond motifs is 5. The van der Waals surface area contributed by atoms with Gasteiger partial charge in [0.05, 0.1) is 0 Å². The van der Waals surface area contributed by atoms with Crippen LogP contribution in [0.2, 0.25) is 0 Å². The van der Waals surface area contributed by atoms with E-state index in [1.807, 2.05) is 48.5 Å². The molecule has 0 saturated heterocycles. The van der Waals surface area contributed by atoms with Gasteiger partial charge in [-0.05, 0) is 90.7 Å². The number of nitrogens with zero attached hydrogens (tertiary/aromatic N) is 1. The summed E-state index contributed by atoms with van der Waals surface area (Å²) in [7, 11) is 0. The van der Waals surface area contributed by atoms with Crippen molar-refractivity contribution in [3.63, 3.8) is 0 Å². The van der Waals surface area contributed by atoms with Gasteiger partial charge >= 0.3 is 0 Å². The quantitative estimate of drug-likeness (QED) is 0.410. The molecule has 5 heteroatoms. The molecule has 0 heterocycles. The van der Waals surface area contributed by atoms with Gasteiger partial charge in [-0.2, -0.15) is 5.10 Å². The number of aromatic hydroxyl groups is 1. The number of rotatable bonds is 4. The van der Waals surface area contributed by atoms with E-state index in [-0.39, 0.29) is 5.41 Å². The van der Waals surface area contributed by atoms with E-state index in [1.54, 1.807) is 24.3 Å². The van der Waals surface area contributed by atoms with Crippen LogP contribution in [0, 0.1) is 17.3 Å². The van der Waals surface area contributed by atoms with Crippen LogP contribution < -0.4 is 5.43 Å². The van der Waals surface area contributed by atoms with Crippen molar-refractivity contribution in [2.75, 3.05) is 0 Å². The van der Waals surface area contributed by atoms with Crippen LogP contribution in [0.25, 0.3) is 0 Å². The van der Waals surface area contributed by atoms with E-state index in [0.717, 1.165) is 44.2 Å². The molecule has 3 aliphatic carbocycles. The second-order valence-corrected chi connectivity index (χ2v) is 11.2. The zero-order valence-corrected chi connectivity index (χ0v) is 21.2. The van der Waals surface area contributed by atoms with E-state index < -0.39 is 11.5 Å². The van der Waals surface area contributed by atoms with Gasteiger partial charge < -0.3 is 10.2 Å². The van der Waals surface area contributed by atoms with Crippen LogP contribution >= 0.6 is 0 Å². The number of hydrazone groups is 1. The standard InChI is InChI=1S/C32H34N2O3/c1-31-19-18-26-25-15-13-24(35)20-21(25)12-14-27(26)28(31)16-17-29(31)33-34-30(36)32(37,22-8-4-2-5-9-22)23-10-6-3-7-11-23/h2-11,13,15,20,26-28,35,37H,12,14,16-19H2,1H3,(H,34,36). The molecule has 37 heavy (non-hydrogen) atoms. The summed E-state index contributed by atoms with van der Waals surface area (Å²) in [5, 5.41) is 26.4. The highest BCUT2D eigenvalue weighted by molar-refractivity contribution is 5.95. The predicted molar refractivity (Wildman–Crippen MR) is 144 cm³/mol. The minimum absolute atomic E-state index is 0.0551. The molecule has 1 amide bonds. The molecule has 2 saturated carbocycles. The van der Waals surface area contributed by atoms with Crippen LogP contribution in [0.3, 0.4) is 0 Å². The summed E-state index contributed by atoms with van der Waals surface area (Å²) in [4.78, 5) is 13.6. The van der Waals surface area contributed by atoms with Crippen LogP contribution in [0.5, 0.6) is 5.75 Å². The van der Waals surface area contributed by atoms with E-state index in [9.17, 15) is 15.0 Å². The number of benzene rings is 3. The third kappa shape index (κ3) is 3.88. The van der Waals surface area contributed by atoms with Gasteiger partial charge in [0.25, 0.3) is 5.91 Å². The van der Waals surface area contributed by atoms with Gasteiger partial charge in [-0.1, -0.05) is 73.7 Å². The van der Waals surface area contributed by atoms with Crippen LogP contribution in [0.1, 0.15) is 67.2 Å². The number of aliphatic hydroxyl groups is 1. The summed E-state index contributed by atoms with van der Waals surface area (Å²) in [6, 6.07) is 24.0. The van der Waals surface area contributed by atoms with Crippen LogP contribution in [0.15, 0.2) is 84.0 Å². The lowest BCUT2D eigenvalue weighted by Gasteiger charge is -2.49. The molecule has 2 fully saturated rings. The Labute approximate surface area is 218 Å². The molecule has 4 unspecified atom stereocenters. The Kier molecular flexibility index (Phi) is 5.91. The Morgan fingerprint density at radius 3 is 2.30 bits per heavy atom. The molecule has 0 aliphatic heterocycles. The molecule has 0 bridgehead atoms. The van der Waals surface area contributed by atoms with Gasteiger partial charge in [-0.3, -0.25) is 4.79 Å². The molecule has 6 rings (SSSR count). The van der Waals surface area contributed by atoms with Gasteiger partial charge in [0, 0.05) is 11.1 Å². The SMILES string of the molecule is CC12CCC3c4ccc(O)cc4CCC3C1CCC2=NNC(=O)C(O)(c1ccccc1)c1ccccc1. The van der Waals surface area contributed by atoms with Crippen molar-refractivity contribution < 1.29 is 15.0 Å². The highest BCUT2D eigenvalue weighted by atomic mass is 16.3. The van der Waals surface area contributed by atoms with Crippen molar-refractivity contribution in [2.45, 2.75) is 57.0 Å². The number of hydrogen-bond acceptors (Lipinski definition) is 4.